The molecule has 1 N–H and O–H groups in total. The van der Waals surface area contributed by atoms with Gasteiger partial charge in [0.05, 0.1) is 12.1 Å². The maximum absolute atomic E-state index is 12.1. The van der Waals surface area contributed by atoms with Crippen molar-refractivity contribution in [2.45, 2.75) is 77.0 Å². The molecule has 1 saturated carbocycles. The summed E-state index contributed by atoms with van der Waals surface area (Å²) in [6.07, 6.45) is 4.90. The summed E-state index contributed by atoms with van der Waals surface area (Å²) in [6.45, 7) is 8.60. The third kappa shape index (κ3) is 5.68. The number of rotatable bonds is 4. The highest BCUT2D eigenvalue weighted by Crippen LogP contribution is 2.26. The molecule has 1 saturated heterocycles. The number of hydrogen-bond acceptors (Lipinski definition) is 4. The molecule has 1 unspecified atom stereocenters. The van der Waals surface area contributed by atoms with Crippen molar-refractivity contribution in [3.8, 4) is 0 Å². The Morgan fingerprint density at radius 1 is 1.26 bits per heavy atom. The molecule has 0 spiro atoms. The minimum Gasteiger partial charge on any atom is -0.444 e. The molecule has 2 amide bonds. The third-order valence-corrected chi connectivity index (χ3v) is 4.36. The van der Waals surface area contributed by atoms with Crippen LogP contribution in [0.25, 0.3) is 0 Å². The van der Waals surface area contributed by atoms with E-state index in [1.807, 2.05) is 27.7 Å². The van der Waals surface area contributed by atoms with Crippen LogP contribution in [0.3, 0.4) is 0 Å². The summed E-state index contributed by atoms with van der Waals surface area (Å²) in [5, 5.41) is 3.02. The Balaban J connectivity index is 1.75. The van der Waals surface area contributed by atoms with Crippen molar-refractivity contribution >= 4 is 12.0 Å². The van der Waals surface area contributed by atoms with E-state index in [2.05, 4.69) is 5.32 Å². The molecular weight excluding hydrogens is 296 g/mol. The highest BCUT2D eigenvalue weighted by Gasteiger charge is 2.39. The number of nitrogens with zero attached hydrogens (tertiary/aromatic N) is 1. The van der Waals surface area contributed by atoms with Crippen LogP contribution in [0.15, 0.2) is 0 Å². The lowest BCUT2D eigenvalue weighted by Gasteiger charge is -2.27. The maximum Gasteiger partial charge on any atom is 0.410 e. The van der Waals surface area contributed by atoms with Crippen molar-refractivity contribution < 1.29 is 19.1 Å². The fraction of sp³-hybridized carbons (Fsp3) is 0.882. The molecule has 23 heavy (non-hydrogen) atoms. The Hall–Kier alpha value is -1.30. The summed E-state index contributed by atoms with van der Waals surface area (Å²) in [5.41, 5.74) is -0.984. The molecule has 6 nitrogen and oxygen atoms in total. The average molecular weight is 326 g/mol. The lowest BCUT2D eigenvalue weighted by molar-refractivity contribution is -0.132. The van der Waals surface area contributed by atoms with Crippen molar-refractivity contribution in [3.05, 3.63) is 0 Å². The summed E-state index contributed by atoms with van der Waals surface area (Å²) in [7, 11) is 0. The summed E-state index contributed by atoms with van der Waals surface area (Å²) in [6, 6.07) is 0.306. The average Bonchev–Trinajstić information content (AvgIpc) is 3.05. The molecule has 0 aromatic carbocycles. The van der Waals surface area contributed by atoms with Crippen LogP contribution in [0.4, 0.5) is 4.79 Å². The monoisotopic (exact) mass is 326 g/mol. The largest absolute Gasteiger partial charge is 0.444 e. The van der Waals surface area contributed by atoms with E-state index in [1.54, 1.807) is 4.90 Å². The lowest BCUT2D eigenvalue weighted by atomic mass is 10.1. The summed E-state index contributed by atoms with van der Waals surface area (Å²) in [5.74, 6) is -0.0613. The molecule has 0 bridgehead atoms. The van der Waals surface area contributed by atoms with Crippen LogP contribution in [0, 0.1) is 0 Å². The Morgan fingerprint density at radius 2 is 1.91 bits per heavy atom. The van der Waals surface area contributed by atoms with Crippen molar-refractivity contribution in [2.75, 3.05) is 19.7 Å². The molecule has 2 aliphatic rings. The smallest absolute Gasteiger partial charge is 0.410 e. The number of carbonyl (C=O) groups is 2. The topological polar surface area (TPSA) is 67.9 Å². The third-order valence-electron chi connectivity index (χ3n) is 4.36. The SMILES string of the molecule is CC(C)(C)OC(=O)N1CCC(C)(OCC(=O)NC2CCCC2)C1. The number of hydrogen-bond donors (Lipinski definition) is 1. The fourth-order valence-corrected chi connectivity index (χ4v) is 3.11. The second kappa shape index (κ2) is 7.07. The van der Waals surface area contributed by atoms with Crippen LogP contribution < -0.4 is 5.32 Å². The first-order valence-corrected chi connectivity index (χ1v) is 8.58. The van der Waals surface area contributed by atoms with Crippen LogP contribution in [0.5, 0.6) is 0 Å². The van der Waals surface area contributed by atoms with Gasteiger partial charge in [-0.15, -0.1) is 0 Å². The minimum absolute atomic E-state index is 0.0508. The van der Waals surface area contributed by atoms with E-state index in [0.717, 1.165) is 12.8 Å². The van der Waals surface area contributed by atoms with Crippen LogP contribution in [0.1, 0.15) is 59.8 Å². The van der Waals surface area contributed by atoms with Gasteiger partial charge in [-0.3, -0.25) is 4.79 Å². The Bertz CT molecular complexity index is 440. The molecule has 0 radical (unpaired) electrons. The van der Waals surface area contributed by atoms with Crippen LogP contribution in [-0.4, -0.2) is 53.8 Å². The first-order chi connectivity index (χ1) is 10.7. The van der Waals surface area contributed by atoms with Crippen molar-refractivity contribution in [1.82, 2.24) is 10.2 Å². The number of nitrogens with one attached hydrogen (secondary N) is 1. The van der Waals surface area contributed by atoms with E-state index in [-0.39, 0.29) is 18.6 Å². The van der Waals surface area contributed by atoms with Gasteiger partial charge in [-0.05, 0) is 47.0 Å². The van der Waals surface area contributed by atoms with E-state index in [9.17, 15) is 9.59 Å². The molecule has 132 valence electrons. The molecule has 1 aliphatic heterocycles. The number of amides is 2. The summed E-state index contributed by atoms with van der Waals surface area (Å²) < 4.78 is 11.2. The molecule has 0 aromatic heterocycles. The van der Waals surface area contributed by atoms with Crippen LogP contribution >= 0.6 is 0 Å². The van der Waals surface area contributed by atoms with E-state index in [0.29, 0.717) is 25.6 Å². The van der Waals surface area contributed by atoms with E-state index < -0.39 is 11.2 Å². The predicted octanol–water partition coefficient (Wildman–Crippen LogP) is 2.46. The molecule has 1 aliphatic carbocycles. The predicted molar refractivity (Wildman–Crippen MR) is 87.2 cm³/mol. The van der Waals surface area contributed by atoms with Gasteiger partial charge in [0.25, 0.3) is 0 Å². The molecule has 0 aromatic rings. The Labute approximate surface area is 138 Å². The van der Waals surface area contributed by atoms with Crippen molar-refractivity contribution in [3.63, 3.8) is 0 Å². The molecule has 6 heteroatoms. The van der Waals surface area contributed by atoms with Gasteiger partial charge >= 0.3 is 6.09 Å². The van der Waals surface area contributed by atoms with Gasteiger partial charge in [0.1, 0.15) is 12.2 Å². The first kappa shape index (κ1) is 18.0. The quantitative estimate of drug-likeness (QED) is 0.862. The van der Waals surface area contributed by atoms with Gasteiger partial charge in [0.15, 0.2) is 0 Å². The van der Waals surface area contributed by atoms with Gasteiger partial charge in [-0.1, -0.05) is 12.8 Å². The van der Waals surface area contributed by atoms with Gasteiger partial charge in [0.2, 0.25) is 5.91 Å². The van der Waals surface area contributed by atoms with Crippen molar-refractivity contribution in [1.29, 1.82) is 0 Å². The zero-order valence-electron chi connectivity index (χ0n) is 14.8. The molecule has 2 fully saturated rings. The van der Waals surface area contributed by atoms with Crippen LogP contribution in [0.2, 0.25) is 0 Å². The summed E-state index contributed by atoms with van der Waals surface area (Å²) >= 11 is 0. The highest BCUT2D eigenvalue weighted by molar-refractivity contribution is 5.77. The minimum atomic E-state index is -0.502. The molecule has 2 rings (SSSR count). The Kier molecular flexibility index (Phi) is 5.55. The van der Waals surface area contributed by atoms with Gasteiger partial charge in [0, 0.05) is 12.6 Å². The molecule has 1 heterocycles. The standard InChI is InChI=1S/C17H30N2O4/c1-16(2,3)23-15(21)19-10-9-17(4,12-19)22-11-14(20)18-13-7-5-6-8-13/h13H,5-12H2,1-4H3,(H,18,20). The van der Waals surface area contributed by atoms with Gasteiger partial charge < -0.3 is 19.7 Å². The lowest BCUT2D eigenvalue weighted by Crippen LogP contribution is -2.42. The number of likely N-dealkylation sites (tertiary alicyclic amines) is 1. The number of carbonyl (C=O) groups excluding carboxylic acids is 2. The second-order valence-corrected chi connectivity index (χ2v) is 7.94. The highest BCUT2D eigenvalue weighted by atomic mass is 16.6. The van der Waals surface area contributed by atoms with E-state index >= 15 is 0 Å². The maximum atomic E-state index is 12.1. The van der Waals surface area contributed by atoms with Crippen molar-refractivity contribution in [2.24, 2.45) is 0 Å². The van der Waals surface area contributed by atoms with Crippen LogP contribution in [-0.2, 0) is 14.3 Å². The first-order valence-electron chi connectivity index (χ1n) is 8.58. The van der Waals surface area contributed by atoms with E-state index in [1.165, 1.54) is 12.8 Å². The van der Waals surface area contributed by atoms with Gasteiger partial charge in [-0.25, -0.2) is 4.79 Å². The molecule has 1 atom stereocenters. The number of ether oxygens (including phenoxy) is 2. The Morgan fingerprint density at radius 3 is 2.52 bits per heavy atom. The van der Waals surface area contributed by atoms with E-state index in [4.69, 9.17) is 9.47 Å². The normalized spacial score (nSPS) is 25.7. The van der Waals surface area contributed by atoms with Gasteiger partial charge in [-0.2, -0.15) is 0 Å². The summed E-state index contributed by atoms with van der Waals surface area (Å²) in [4.78, 5) is 25.7. The second-order valence-electron chi connectivity index (χ2n) is 7.94. The molecular formula is C17H30N2O4. The zero-order chi connectivity index (χ0) is 17.1. The zero-order valence-corrected chi connectivity index (χ0v) is 14.8. The fourth-order valence-electron chi connectivity index (χ4n) is 3.11.